The average molecular weight is 205 g/mol. The third-order valence-electron chi connectivity index (χ3n) is 2.13. The van der Waals surface area contributed by atoms with Crippen molar-refractivity contribution in [2.45, 2.75) is 6.42 Å². The molecule has 1 aliphatic heterocycles. The van der Waals surface area contributed by atoms with E-state index in [4.69, 9.17) is 5.11 Å². The van der Waals surface area contributed by atoms with Crippen molar-refractivity contribution >= 4 is 24.8 Å². The summed E-state index contributed by atoms with van der Waals surface area (Å²) in [7, 11) is -1.11. The maximum Gasteiger partial charge on any atom is 0.583 e. The largest absolute Gasteiger partial charge is 0.583 e. The van der Waals surface area contributed by atoms with Gasteiger partial charge in [-0.25, -0.2) is 0 Å². The second-order valence-corrected chi connectivity index (χ2v) is 3.23. The first-order valence-corrected chi connectivity index (χ1v) is 4.38. The minimum absolute atomic E-state index is 0.0723. The topological polar surface area (TPSA) is 79.1 Å². The molecular formula is C9H8BNO4. The Bertz CT molecular complexity index is 432. The molecule has 5 nitrogen and oxygen atoms in total. The van der Waals surface area contributed by atoms with Crippen LogP contribution >= 0.6 is 0 Å². The molecule has 76 valence electrons. The molecule has 1 heterocycles. The van der Waals surface area contributed by atoms with Gasteiger partial charge in [0.15, 0.2) is 0 Å². The molecule has 2 rings (SSSR count). The molecule has 0 spiro atoms. The fourth-order valence-corrected chi connectivity index (χ4v) is 1.44. The lowest BCUT2D eigenvalue weighted by Gasteiger charge is -2.13. The number of fused-ring (bicyclic) bond motifs is 1. The van der Waals surface area contributed by atoms with Crippen molar-refractivity contribution in [2.24, 2.45) is 5.16 Å². The predicted molar refractivity (Wildman–Crippen MR) is 54.1 cm³/mol. The number of oxime groups is 1. The van der Waals surface area contributed by atoms with E-state index in [2.05, 4.69) is 9.91 Å². The van der Waals surface area contributed by atoms with E-state index in [-0.39, 0.29) is 6.42 Å². The van der Waals surface area contributed by atoms with E-state index in [1.807, 2.05) is 0 Å². The Hall–Kier alpha value is -1.82. The lowest BCUT2D eigenvalue weighted by Crippen LogP contribution is -2.37. The Balaban J connectivity index is 2.36. The normalized spacial score (nSPS) is 13.3. The molecule has 0 aliphatic carbocycles. The lowest BCUT2D eigenvalue weighted by molar-refractivity contribution is -0.136. The quantitative estimate of drug-likeness (QED) is 0.629. The van der Waals surface area contributed by atoms with E-state index in [1.54, 1.807) is 18.2 Å². The molecule has 1 aliphatic rings. The van der Waals surface area contributed by atoms with Crippen LogP contribution in [0, 0.1) is 0 Å². The number of hydrogen-bond donors (Lipinski definition) is 2. The third-order valence-corrected chi connectivity index (χ3v) is 2.13. The molecule has 6 heteroatoms. The molecule has 0 saturated carbocycles. The van der Waals surface area contributed by atoms with Crippen LogP contribution in [0.1, 0.15) is 11.1 Å². The molecule has 0 radical (unpaired) electrons. The maximum atomic E-state index is 10.5. The summed E-state index contributed by atoms with van der Waals surface area (Å²) in [6.45, 7) is 0. The summed E-state index contributed by atoms with van der Waals surface area (Å²) in [5.74, 6) is -0.908. The summed E-state index contributed by atoms with van der Waals surface area (Å²) < 4.78 is 4.64. The van der Waals surface area contributed by atoms with Gasteiger partial charge < -0.3 is 14.9 Å². The second-order valence-electron chi connectivity index (χ2n) is 3.23. The molecule has 0 atom stereocenters. The Morgan fingerprint density at radius 2 is 2.33 bits per heavy atom. The zero-order valence-electron chi connectivity index (χ0n) is 7.75. The molecule has 0 amide bonds. The standard InChI is InChI=1S/C9H8BNO4/c12-9(13)4-6-1-2-7-5-11-15-10(14)8(7)3-6/h1-3,5,14H,4H2,(H,12,13). The van der Waals surface area contributed by atoms with Crippen molar-refractivity contribution in [2.75, 3.05) is 0 Å². The molecule has 0 unspecified atom stereocenters. The van der Waals surface area contributed by atoms with Crippen molar-refractivity contribution in [3.63, 3.8) is 0 Å². The van der Waals surface area contributed by atoms with Gasteiger partial charge in [-0.05, 0) is 11.1 Å². The van der Waals surface area contributed by atoms with Crippen molar-refractivity contribution in [1.29, 1.82) is 0 Å². The van der Waals surface area contributed by atoms with Crippen LogP contribution in [0.5, 0.6) is 0 Å². The van der Waals surface area contributed by atoms with Crippen molar-refractivity contribution < 1.29 is 19.7 Å². The zero-order chi connectivity index (χ0) is 10.8. The van der Waals surface area contributed by atoms with E-state index < -0.39 is 13.1 Å². The Kier molecular flexibility index (Phi) is 2.43. The van der Waals surface area contributed by atoms with Crippen LogP contribution in [-0.2, 0) is 16.0 Å². The summed E-state index contributed by atoms with van der Waals surface area (Å²) in [5.41, 5.74) is 1.91. The SMILES string of the molecule is O=C(O)Cc1ccc2c(c1)B(O)ON=C2. The first-order chi connectivity index (χ1) is 7.16. The number of carboxylic acids is 1. The summed E-state index contributed by atoms with van der Waals surface area (Å²) in [4.78, 5) is 10.5. The Morgan fingerprint density at radius 1 is 1.53 bits per heavy atom. The molecular weight excluding hydrogens is 197 g/mol. The predicted octanol–water partition coefficient (Wildman–Crippen LogP) is -0.635. The van der Waals surface area contributed by atoms with Crippen molar-refractivity contribution in [1.82, 2.24) is 0 Å². The molecule has 1 aromatic carbocycles. The van der Waals surface area contributed by atoms with Crippen LogP contribution in [0.15, 0.2) is 23.4 Å². The monoisotopic (exact) mass is 205 g/mol. The highest BCUT2D eigenvalue weighted by atomic mass is 16.6. The van der Waals surface area contributed by atoms with Crippen LogP contribution in [0.3, 0.4) is 0 Å². The van der Waals surface area contributed by atoms with Crippen LogP contribution in [0.25, 0.3) is 0 Å². The first-order valence-electron chi connectivity index (χ1n) is 4.38. The van der Waals surface area contributed by atoms with Gasteiger partial charge >= 0.3 is 13.1 Å². The van der Waals surface area contributed by atoms with Gasteiger partial charge in [0.1, 0.15) is 0 Å². The number of aliphatic carboxylic acids is 1. The maximum absolute atomic E-state index is 10.5. The number of rotatable bonds is 2. The summed E-state index contributed by atoms with van der Waals surface area (Å²) in [5, 5.41) is 21.6. The fourth-order valence-electron chi connectivity index (χ4n) is 1.44. The van der Waals surface area contributed by atoms with E-state index in [9.17, 15) is 9.82 Å². The summed E-state index contributed by atoms with van der Waals surface area (Å²) in [6, 6.07) is 5.01. The molecule has 2 N–H and O–H groups in total. The number of nitrogens with zero attached hydrogens (tertiary/aromatic N) is 1. The average Bonchev–Trinajstić information content (AvgIpc) is 2.18. The Morgan fingerprint density at radius 3 is 3.07 bits per heavy atom. The molecule has 0 fully saturated rings. The smallest absolute Gasteiger partial charge is 0.481 e. The van der Waals surface area contributed by atoms with Crippen molar-refractivity contribution in [3.05, 3.63) is 29.3 Å². The second kappa shape index (κ2) is 3.74. The van der Waals surface area contributed by atoms with Crippen molar-refractivity contribution in [3.8, 4) is 0 Å². The van der Waals surface area contributed by atoms with E-state index >= 15 is 0 Å². The van der Waals surface area contributed by atoms with Gasteiger partial charge in [0.05, 0.1) is 12.6 Å². The Labute approximate surface area is 86.1 Å². The third kappa shape index (κ3) is 1.99. The van der Waals surface area contributed by atoms with Gasteiger partial charge in [0.25, 0.3) is 0 Å². The zero-order valence-corrected chi connectivity index (χ0v) is 7.75. The molecule has 15 heavy (non-hydrogen) atoms. The van der Waals surface area contributed by atoms with Crippen LogP contribution < -0.4 is 5.46 Å². The van der Waals surface area contributed by atoms with E-state index in [0.29, 0.717) is 11.0 Å². The molecule has 0 aromatic heterocycles. The van der Waals surface area contributed by atoms with Gasteiger partial charge in [-0.1, -0.05) is 18.2 Å². The number of hydrogen-bond acceptors (Lipinski definition) is 4. The number of benzene rings is 1. The molecule has 0 bridgehead atoms. The first kappa shape index (κ1) is 9.73. The van der Waals surface area contributed by atoms with Gasteiger partial charge in [-0.2, -0.15) is 0 Å². The fraction of sp³-hybridized carbons (Fsp3) is 0.111. The number of carbonyl (C=O) groups is 1. The lowest BCUT2D eigenvalue weighted by atomic mass is 9.75. The minimum Gasteiger partial charge on any atom is -0.481 e. The highest BCUT2D eigenvalue weighted by Gasteiger charge is 2.25. The van der Waals surface area contributed by atoms with Gasteiger partial charge in [-0.3, -0.25) is 4.79 Å². The molecule has 1 aromatic rings. The summed E-state index contributed by atoms with van der Waals surface area (Å²) in [6.07, 6.45) is 1.41. The van der Waals surface area contributed by atoms with Gasteiger partial charge in [-0.15, -0.1) is 5.16 Å². The highest BCUT2D eigenvalue weighted by Crippen LogP contribution is 2.06. The van der Waals surface area contributed by atoms with E-state index in [1.165, 1.54) is 6.21 Å². The number of carboxylic acid groups (broad SMARTS) is 1. The molecule has 0 saturated heterocycles. The summed E-state index contributed by atoms with van der Waals surface area (Å²) >= 11 is 0. The highest BCUT2D eigenvalue weighted by molar-refractivity contribution is 6.62. The van der Waals surface area contributed by atoms with Crippen LogP contribution in [0.4, 0.5) is 0 Å². The van der Waals surface area contributed by atoms with Gasteiger partial charge in [0, 0.05) is 5.46 Å². The van der Waals surface area contributed by atoms with E-state index in [0.717, 1.165) is 5.56 Å². The van der Waals surface area contributed by atoms with Gasteiger partial charge in [0.2, 0.25) is 0 Å². The van der Waals surface area contributed by atoms with Crippen LogP contribution in [0.2, 0.25) is 0 Å². The van der Waals surface area contributed by atoms with Crippen LogP contribution in [-0.4, -0.2) is 29.4 Å². The minimum atomic E-state index is -1.11.